The molecule has 4 N–H and O–H groups in total. The maximum absolute atomic E-state index is 10.5. The van der Waals surface area contributed by atoms with Gasteiger partial charge in [0.05, 0.1) is 0 Å². The average Bonchev–Trinajstić information content (AvgIpc) is 2.35. The van der Waals surface area contributed by atoms with Crippen molar-refractivity contribution >= 4 is 5.97 Å². The fourth-order valence-corrected chi connectivity index (χ4v) is 1.51. The van der Waals surface area contributed by atoms with E-state index in [0.29, 0.717) is 13.0 Å². The number of carboxylic acids is 1. The quantitative estimate of drug-likeness (QED) is 0.621. The summed E-state index contributed by atoms with van der Waals surface area (Å²) in [5, 5.41) is 11.8. The summed E-state index contributed by atoms with van der Waals surface area (Å²) in [6.45, 7) is 3.49. The lowest BCUT2D eigenvalue weighted by Crippen LogP contribution is -2.33. The van der Waals surface area contributed by atoms with Crippen LogP contribution in [-0.4, -0.2) is 23.7 Å². The molecule has 0 amide bonds. The Hall–Kier alpha value is -1.39. The van der Waals surface area contributed by atoms with Gasteiger partial charge in [-0.15, -0.1) is 0 Å². The van der Waals surface area contributed by atoms with E-state index >= 15 is 0 Å². The van der Waals surface area contributed by atoms with Crippen molar-refractivity contribution in [2.75, 3.05) is 6.54 Å². The van der Waals surface area contributed by atoms with Gasteiger partial charge >= 0.3 is 5.97 Å². The molecule has 0 heterocycles. The van der Waals surface area contributed by atoms with E-state index in [1.165, 1.54) is 11.1 Å². The van der Waals surface area contributed by atoms with E-state index in [1.54, 1.807) is 0 Å². The molecule has 0 fully saturated rings. The highest BCUT2D eigenvalue weighted by Gasteiger charge is 2.09. The Labute approximate surface area is 102 Å². The summed E-state index contributed by atoms with van der Waals surface area (Å²) in [4.78, 5) is 10.5. The number of hydrogen-bond donors (Lipinski definition) is 3. The maximum atomic E-state index is 10.5. The van der Waals surface area contributed by atoms with Crippen LogP contribution in [0.4, 0.5) is 0 Å². The van der Waals surface area contributed by atoms with E-state index in [2.05, 4.69) is 36.5 Å². The van der Waals surface area contributed by atoms with Crippen molar-refractivity contribution in [1.82, 2.24) is 5.32 Å². The Balaban J connectivity index is 2.24. The van der Waals surface area contributed by atoms with Crippen LogP contribution in [0.15, 0.2) is 24.3 Å². The first-order chi connectivity index (χ1) is 8.13. The van der Waals surface area contributed by atoms with Crippen molar-refractivity contribution in [2.45, 2.75) is 32.4 Å². The van der Waals surface area contributed by atoms with E-state index in [0.717, 1.165) is 13.0 Å². The predicted molar refractivity (Wildman–Crippen MR) is 67.8 cm³/mol. The van der Waals surface area contributed by atoms with Crippen molar-refractivity contribution in [3.05, 3.63) is 35.4 Å². The number of carbonyl (C=O) groups is 1. The normalized spacial score (nSPS) is 12.4. The van der Waals surface area contributed by atoms with Gasteiger partial charge < -0.3 is 16.2 Å². The molecule has 0 aliphatic heterocycles. The predicted octanol–water partition coefficient (Wildman–Crippen LogP) is 1.14. The van der Waals surface area contributed by atoms with Crippen LogP contribution in [0.25, 0.3) is 0 Å². The molecule has 17 heavy (non-hydrogen) atoms. The molecule has 0 bridgehead atoms. The lowest BCUT2D eigenvalue weighted by molar-refractivity contribution is -0.138. The summed E-state index contributed by atoms with van der Waals surface area (Å²) < 4.78 is 0. The molecule has 1 rings (SSSR count). The molecule has 0 aliphatic rings. The summed E-state index contributed by atoms with van der Waals surface area (Å²) >= 11 is 0. The van der Waals surface area contributed by atoms with Crippen LogP contribution in [0, 0.1) is 0 Å². The number of nitrogens with one attached hydrogen (secondary N) is 1. The van der Waals surface area contributed by atoms with Gasteiger partial charge in [0.2, 0.25) is 0 Å². The van der Waals surface area contributed by atoms with Crippen LogP contribution >= 0.6 is 0 Å². The topological polar surface area (TPSA) is 75.3 Å². The van der Waals surface area contributed by atoms with Crippen LogP contribution in [0.3, 0.4) is 0 Å². The SMILES string of the molecule is CCc1ccc(CNCCC(N)C(=O)O)cc1. The molecule has 1 atom stereocenters. The largest absolute Gasteiger partial charge is 0.480 e. The minimum absolute atomic E-state index is 0.447. The first-order valence-corrected chi connectivity index (χ1v) is 5.90. The number of carboxylic acid groups (broad SMARTS) is 1. The van der Waals surface area contributed by atoms with Crippen LogP contribution in [0.2, 0.25) is 0 Å². The van der Waals surface area contributed by atoms with Gasteiger partial charge in [0.15, 0.2) is 0 Å². The second-order valence-corrected chi connectivity index (χ2v) is 4.08. The second kappa shape index (κ2) is 7.04. The third-order valence-corrected chi connectivity index (χ3v) is 2.71. The Morgan fingerprint density at radius 2 is 1.94 bits per heavy atom. The number of benzene rings is 1. The summed E-state index contributed by atoms with van der Waals surface area (Å²) in [6.07, 6.45) is 1.49. The van der Waals surface area contributed by atoms with Crippen molar-refractivity contribution < 1.29 is 9.90 Å². The minimum Gasteiger partial charge on any atom is -0.480 e. The molecule has 0 aromatic heterocycles. The molecule has 1 unspecified atom stereocenters. The van der Waals surface area contributed by atoms with Crippen LogP contribution < -0.4 is 11.1 Å². The highest BCUT2D eigenvalue weighted by atomic mass is 16.4. The minimum atomic E-state index is -0.945. The van der Waals surface area contributed by atoms with Gasteiger partial charge in [0, 0.05) is 6.54 Å². The van der Waals surface area contributed by atoms with Gasteiger partial charge in [-0.25, -0.2) is 0 Å². The zero-order valence-corrected chi connectivity index (χ0v) is 10.1. The van der Waals surface area contributed by atoms with Gasteiger partial charge in [-0.1, -0.05) is 31.2 Å². The van der Waals surface area contributed by atoms with E-state index in [4.69, 9.17) is 10.8 Å². The first kappa shape index (κ1) is 13.7. The highest BCUT2D eigenvalue weighted by Crippen LogP contribution is 2.04. The van der Waals surface area contributed by atoms with Gasteiger partial charge in [0.1, 0.15) is 6.04 Å². The van der Waals surface area contributed by atoms with Gasteiger partial charge in [-0.3, -0.25) is 4.79 Å². The third-order valence-electron chi connectivity index (χ3n) is 2.71. The first-order valence-electron chi connectivity index (χ1n) is 5.90. The molecular weight excluding hydrogens is 216 g/mol. The Morgan fingerprint density at radius 1 is 1.35 bits per heavy atom. The number of nitrogens with two attached hydrogens (primary N) is 1. The molecule has 0 aliphatic carbocycles. The monoisotopic (exact) mass is 236 g/mol. The lowest BCUT2D eigenvalue weighted by atomic mass is 10.1. The zero-order valence-electron chi connectivity index (χ0n) is 10.1. The maximum Gasteiger partial charge on any atom is 0.320 e. The van der Waals surface area contributed by atoms with Crippen molar-refractivity contribution in [3.63, 3.8) is 0 Å². The van der Waals surface area contributed by atoms with E-state index in [9.17, 15) is 4.79 Å². The van der Waals surface area contributed by atoms with E-state index < -0.39 is 12.0 Å². The highest BCUT2D eigenvalue weighted by molar-refractivity contribution is 5.72. The van der Waals surface area contributed by atoms with Crippen molar-refractivity contribution in [2.24, 2.45) is 5.73 Å². The number of hydrogen-bond acceptors (Lipinski definition) is 3. The summed E-state index contributed by atoms with van der Waals surface area (Å²) in [6, 6.07) is 7.62. The van der Waals surface area contributed by atoms with Gasteiger partial charge in [-0.05, 0) is 30.5 Å². The molecule has 0 saturated carbocycles. The van der Waals surface area contributed by atoms with E-state index in [1.807, 2.05) is 0 Å². The third kappa shape index (κ3) is 4.97. The molecule has 1 aromatic rings. The molecule has 94 valence electrons. The Bertz CT molecular complexity index is 349. The molecule has 1 aromatic carbocycles. The van der Waals surface area contributed by atoms with Crippen LogP contribution in [0.1, 0.15) is 24.5 Å². The fraction of sp³-hybridized carbons (Fsp3) is 0.462. The zero-order chi connectivity index (χ0) is 12.7. The number of aryl methyl sites for hydroxylation is 1. The molecule has 0 spiro atoms. The van der Waals surface area contributed by atoms with Crippen molar-refractivity contribution in [3.8, 4) is 0 Å². The molecule has 4 nitrogen and oxygen atoms in total. The molecule has 4 heteroatoms. The molecule has 0 saturated heterocycles. The summed E-state index contributed by atoms with van der Waals surface area (Å²) in [5.74, 6) is -0.945. The second-order valence-electron chi connectivity index (χ2n) is 4.08. The lowest BCUT2D eigenvalue weighted by Gasteiger charge is -2.08. The van der Waals surface area contributed by atoms with Gasteiger partial charge in [-0.2, -0.15) is 0 Å². The van der Waals surface area contributed by atoms with Gasteiger partial charge in [0.25, 0.3) is 0 Å². The number of rotatable bonds is 7. The standard InChI is InChI=1S/C13H20N2O2/c1-2-10-3-5-11(6-4-10)9-15-8-7-12(14)13(16)17/h3-6,12,15H,2,7-9,14H2,1H3,(H,16,17). The Kier molecular flexibility index (Phi) is 5.66. The van der Waals surface area contributed by atoms with E-state index in [-0.39, 0.29) is 0 Å². The van der Waals surface area contributed by atoms with Crippen LogP contribution in [0.5, 0.6) is 0 Å². The summed E-state index contributed by atoms with van der Waals surface area (Å²) in [5.41, 5.74) is 7.92. The summed E-state index contributed by atoms with van der Waals surface area (Å²) in [7, 11) is 0. The van der Waals surface area contributed by atoms with Crippen molar-refractivity contribution in [1.29, 1.82) is 0 Å². The molecule has 0 radical (unpaired) electrons. The van der Waals surface area contributed by atoms with Crippen LogP contribution in [-0.2, 0) is 17.8 Å². The smallest absolute Gasteiger partial charge is 0.320 e. The Morgan fingerprint density at radius 3 is 2.47 bits per heavy atom. The molecular formula is C13H20N2O2. The average molecular weight is 236 g/mol. The number of aliphatic carboxylic acids is 1. The fourth-order valence-electron chi connectivity index (χ4n) is 1.51.